The number of ether oxygens (including phenoxy) is 1. The summed E-state index contributed by atoms with van der Waals surface area (Å²) in [5.41, 5.74) is 1.67. The van der Waals surface area contributed by atoms with Crippen molar-refractivity contribution in [3.63, 3.8) is 0 Å². The van der Waals surface area contributed by atoms with E-state index in [0.717, 1.165) is 0 Å². The average molecular weight is 362 g/mol. The molecule has 0 N–H and O–H groups in total. The third-order valence-electron chi connectivity index (χ3n) is 4.36. The summed E-state index contributed by atoms with van der Waals surface area (Å²) >= 11 is 0. The predicted octanol–water partition coefficient (Wildman–Crippen LogP) is 2.92. The van der Waals surface area contributed by atoms with Crippen molar-refractivity contribution in [2.75, 3.05) is 7.11 Å². The van der Waals surface area contributed by atoms with Crippen LogP contribution in [-0.2, 0) is 4.84 Å². The SMILES string of the molecule is COc1ccc2nc(C)c(C(=O)ON3C(=O)c4ccccc4C3=O)cc2c1. The quantitative estimate of drug-likeness (QED) is 0.666. The van der Waals surface area contributed by atoms with Crippen molar-refractivity contribution in [3.05, 3.63) is 70.9 Å². The maximum absolute atomic E-state index is 12.6. The van der Waals surface area contributed by atoms with Gasteiger partial charge in [-0.25, -0.2) is 4.79 Å². The molecule has 0 bridgehead atoms. The molecule has 0 aliphatic carbocycles. The Morgan fingerprint density at radius 3 is 2.30 bits per heavy atom. The third kappa shape index (κ3) is 2.69. The summed E-state index contributed by atoms with van der Waals surface area (Å²) in [5.74, 6) is -1.55. The average Bonchev–Trinajstić information content (AvgIpc) is 2.92. The fourth-order valence-electron chi connectivity index (χ4n) is 2.97. The van der Waals surface area contributed by atoms with Gasteiger partial charge in [0, 0.05) is 5.39 Å². The van der Waals surface area contributed by atoms with Crippen LogP contribution in [0.15, 0.2) is 48.5 Å². The van der Waals surface area contributed by atoms with Gasteiger partial charge in [-0.15, -0.1) is 0 Å². The zero-order valence-corrected chi connectivity index (χ0v) is 14.6. The molecule has 2 heterocycles. The Labute approximate surface area is 154 Å². The molecule has 7 nitrogen and oxygen atoms in total. The Morgan fingerprint density at radius 2 is 1.67 bits per heavy atom. The molecule has 3 aromatic rings. The van der Waals surface area contributed by atoms with Crippen LogP contribution < -0.4 is 4.74 Å². The monoisotopic (exact) mass is 362 g/mol. The van der Waals surface area contributed by atoms with Gasteiger partial charge in [0.2, 0.25) is 0 Å². The van der Waals surface area contributed by atoms with Gasteiger partial charge in [0.15, 0.2) is 0 Å². The van der Waals surface area contributed by atoms with Crippen LogP contribution in [0.5, 0.6) is 5.75 Å². The number of carbonyl (C=O) groups excluding carboxylic acids is 3. The molecule has 0 spiro atoms. The van der Waals surface area contributed by atoms with E-state index in [1.165, 1.54) is 12.1 Å². The maximum atomic E-state index is 12.6. The van der Waals surface area contributed by atoms with E-state index in [1.807, 2.05) is 0 Å². The largest absolute Gasteiger partial charge is 0.497 e. The van der Waals surface area contributed by atoms with Crippen molar-refractivity contribution < 1.29 is 24.0 Å². The van der Waals surface area contributed by atoms with Gasteiger partial charge in [0.05, 0.1) is 35.0 Å². The first-order valence-electron chi connectivity index (χ1n) is 8.15. The van der Waals surface area contributed by atoms with Crippen LogP contribution in [0.2, 0.25) is 0 Å². The van der Waals surface area contributed by atoms with Crippen molar-refractivity contribution in [1.82, 2.24) is 10.0 Å². The van der Waals surface area contributed by atoms with E-state index in [4.69, 9.17) is 9.57 Å². The molecule has 1 aromatic heterocycles. The van der Waals surface area contributed by atoms with Gasteiger partial charge in [0.25, 0.3) is 11.8 Å². The Kier molecular flexibility index (Phi) is 3.84. The van der Waals surface area contributed by atoms with E-state index in [2.05, 4.69) is 4.98 Å². The lowest BCUT2D eigenvalue weighted by atomic mass is 10.1. The molecule has 4 rings (SSSR count). The number of hydrogen-bond acceptors (Lipinski definition) is 6. The van der Waals surface area contributed by atoms with Crippen molar-refractivity contribution in [1.29, 1.82) is 0 Å². The number of amides is 2. The molecule has 2 amide bonds. The summed E-state index contributed by atoms with van der Waals surface area (Å²) in [6.45, 7) is 1.66. The smallest absolute Gasteiger partial charge is 0.365 e. The topological polar surface area (TPSA) is 85.8 Å². The van der Waals surface area contributed by atoms with E-state index in [1.54, 1.807) is 50.4 Å². The summed E-state index contributed by atoms with van der Waals surface area (Å²) in [7, 11) is 1.54. The van der Waals surface area contributed by atoms with E-state index < -0.39 is 17.8 Å². The number of methoxy groups -OCH3 is 1. The van der Waals surface area contributed by atoms with Crippen molar-refractivity contribution >= 4 is 28.7 Å². The number of pyridine rings is 1. The van der Waals surface area contributed by atoms with Crippen molar-refractivity contribution in [3.8, 4) is 5.75 Å². The van der Waals surface area contributed by atoms with Gasteiger partial charge < -0.3 is 9.57 Å². The normalized spacial score (nSPS) is 13.0. The standard InChI is InChI=1S/C20H14N2O5/c1-11-16(10-12-9-13(26-2)7-8-17(12)21-11)20(25)27-22-18(23)14-5-3-4-6-15(14)19(22)24/h3-10H,1-2H3. The van der Waals surface area contributed by atoms with E-state index >= 15 is 0 Å². The summed E-state index contributed by atoms with van der Waals surface area (Å²) < 4.78 is 5.18. The highest BCUT2D eigenvalue weighted by atomic mass is 16.7. The highest BCUT2D eigenvalue weighted by Gasteiger charge is 2.39. The number of imide groups is 1. The minimum absolute atomic E-state index is 0.160. The van der Waals surface area contributed by atoms with Crippen LogP contribution in [0.25, 0.3) is 10.9 Å². The molecule has 0 atom stereocenters. The van der Waals surface area contributed by atoms with Gasteiger partial charge in [0.1, 0.15) is 5.75 Å². The lowest BCUT2D eigenvalue weighted by Crippen LogP contribution is -2.33. The molecular weight excluding hydrogens is 348 g/mol. The van der Waals surface area contributed by atoms with Crippen LogP contribution in [-0.4, -0.2) is 34.9 Å². The Morgan fingerprint density at radius 1 is 1.00 bits per heavy atom. The van der Waals surface area contributed by atoms with Crippen molar-refractivity contribution in [2.24, 2.45) is 0 Å². The van der Waals surface area contributed by atoms with Gasteiger partial charge in [-0.05, 0) is 43.3 Å². The van der Waals surface area contributed by atoms with Crippen LogP contribution in [0, 0.1) is 6.92 Å². The zero-order valence-electron chi connectivity index (χ0n) is 14.6. The van der Waals surface area contributed by atoms with Gasteiger partial charge in [-0.2, -0.15) is 0 Å². The Hall–Kier alpha value is -3.74. The number of aromatic nitrogens is 1. The third-order valence-corrected chi connectivity index (χ3v) is 4.36. The molecule has 0 saturated carbocycles. The highest BCUT2D eigenvalue weighted by Crippen LogP contribution is 2.25. The number of rotatable bonds is 3. The molecule has 134 valence electrons. The van der Waals surface area contributed by atoms with Gasteiger partial charge in [-0.3, -0.25) is 14.6 Å². The van der Waals surface area contributed by atoms with E-state index in [0.29, 0.717) is 27.4 Å². The van der Waals surface area contributed by atoms with Crippen LogP contribution in [0.4, 0.5) is 0 Å². The number of benzene rings is 2. The number of aryl methyl sites for hydroxylation is 1. The summed E-state index contributed by atoms with van der Waals surface area (Å²) in [5, 5.41) is 1.16. The highest BCUT2D eigenvalue weighted by molar-refractivity contribution is 6.21. The molecular formula is C20H14N2O5. The number of fused-ring (bicyclic) bond motifs is 2. The number of hydrogen-bond donors (Lipinski definition) is 0. The number of carbonyl (C=O) groups is 3. The van der Waals surface area contributed by atoms with Crippen LogP contribution in [0.3, 0.4) is 0 Å². The molecule has 7 heteroatoms. The van der Waals surface area contributed by atoms with Crippen LogP contribution in [0.1, 0.15) is 36.8 Å². The fraction of sp³-hybridized carbons (Fsp3) is 0.100. The first-order valence-corrected chi connectivity index (χ1v) is 8.15. The molecule has 1 aliphatic rings. The molecule has 0 unspecified atom stereocenters. The minimum atomic E-state index is -0.834. The maximum Gasteiger partial charge on any atom is 0.365 e. The molecule has 0 saturated heterocycles. The number of nitrogens with zero attached hydrogens (tertiary/aromatic N) is 2. The summed E-state index contributed by atoms with van der Waals surface area (Å²) in [6, 6.07) is 13.2. The predicted molar refractivity (Wildman–Crippen MR) is 95.4 cm³/mol. The zero-order chi connectivity index (χ0) is 19.1. The summed E-state index contributed by atoms with van der Waals surface area (Å²) in [6.07, 6.45) is 0. The second kappa shape index (κ2) is 6.21. The first-order chi connectivity index (χ1) is 13.0. The lowest BCUT2D eigenvalue weighted by molar-refractivity contribution is -0.0585. The Bertz CT molecular complexity index is 1090. The molecule has 2 aromatic carbocycles. The molecule has 1 aliphatic heterocycles. The van der Waals surface area contributed by atoms with Crippen LogP contribution >= 0.6 is 0 Å². The fourth-order valence-corrected chi connectivity index (χ4v) is 2.97. The molecule has 0 fully saturated rings. The second-order valence-corrected chi connectivity index (χ2v) is 6.01. The first kappa shape index (κ1) is 16.7. The van der Waals surface area contributed by atoms with Gasteiger partial charge >= 0.3 is 5.97 Å². The van der Waals surface area contributed by atoms with E-state index in [-0.39, 0.29) is 16.7 Å². The Balaban J connectivity index is 1.67. The minimum Gasteiger partial charge on any atom is -0.497 e. The van der Waals surface area contributed by atoms with Gasteiger partial charge in [-0.1, -0.05) is 17.2 Å². The van der Waals surface area contributed by atoms with E-state index in [9.17, 15) is 14.4 Å². The summed E-state index contributed by atoms with van der Waals surface area (Å²) in [4.78, 5) is 46.8. The molecule has 0 radical (unpaired) electrons. The number of hydroxylamine groups is 2. The lowest BCUT2D eigenvalue weighted by Gasteiger charge is -2.14. The van der Waals surface area contributed by atoms with Crippen molar-refractivity contribution in [2.45, 2.75) is 6.92 Å². The second-order valence-electron chi connectivity index (χ2n) is 6.01. The molecule has 27 heavy (non-hydrogen) atoms.